The van der Waals surface area contributed by atoms with Crippen LogP contribution in [-0.4, -0.2) is 18.0 Å². The number of esters is 1. The predicted octanol–water partition coefficient (Wildman–Crippen LogP) is 2.86. The lowest BCUT2D eigenvalue weighted by Crippen LogP contribution is -2.07. The third kappa shape index (κ3) is 3.41. The van der Waals surface area contributed by atoms with Crippen LogP contribution in [0.1, 0.15) is 11.1 Å². The van der Waals surface area contributed by atoms with Gasteiger partial charge in [0.25, 0.3) is 5.69 Å². The molecule has 1 aromatic carbocycles. The number of hydrogen-bond donors (Lipinski definition) is 0. The summed E-state index contributed by atoms with van der Waals surface area (Å²) in [5.74, 6) is -0.455. The van der Waals surface area contributed by atoms with Gasteiger partial charge in [0.2, 0.25) is 0 Å². The fourth-order valence-corrected chi connectivity index (χ4v) is 2.08. The Labute approximate surface area is 111 Å². The average molecular weight is 323 g/mol. The predicted molar refractivity (Wildman–Crippen MR) is 66.5 cm³/mol. The summed E-state index contributed by atoms with van der Waals surface area (Å²) in [7, 11) is 1.26. The number of halogens is 2. The maximum atomic E-state index is 11.2. The standard InChI is InChI=1S/C10H9BrClNO4/c1-17-10(14)4-6-3-9(13(15)16)8(12)2-7(6)5-11/h2-3H,4-5H2,1H3. The van der Waals surface area contributed by atoms with Gasteiger partial charge < -0.3 is 4.74 Å². The number of benzene rings is 1. The van der Waals surface area contributed by atoms with Gasteiger partial charge in [0.1, 0.15) is 5.02 Å². The van der Waals surface area contributed by atoms with E-state index in [0.29, 0.717) is 10.9 Å². The van der Waals surface area contributed by atoms with Gasteiger partial charge in [0.05, 0.1) is 18.5 Å². The van der Waals surface area contributed by atoms with Crippen molar-refractivity contribution in [3.8, 4) is 0 Å². The number of hydrogen-bond acceptors (Lipinski definition) is 4. The number of nitro benzene ring substituents is 1. The van der Waals surface area contributed by atoms with E-state index in [9.17, 15) is 14.9 Å². The molecule has 0 aliphatic rings. The largest absolute Gasteiger partial charge is 0.469 e. The summed E-state index contributed by atoms with van der Waals surface area (Å²) < 4.78 is 4.53. The summed E-state index contributed by atoms with van der Waals surface area (Å²) in [4.78, 5) is 21.3. The quantitative estimate of drug-likeness (QED) is 0.370. The van der Waals surface area contributed by atoms with Gasteiger partial charge in [-0.25, -0.2) is 0 Å². The summed E-state index contributed by atoms with van der Waals surface area (Å²) in [6.07, 6.45) is -0.0184. The zero-order valence-electron chi connectivity index (χ0n) is 8.91. The Morgan fingerprint density at radius 1 is 1.53 bits per heavy atom. The van der Waals surface area contributed by atoms with Crippen LogP contribution >= 0.6 is 27.5 Å². The molecule has 0 fully saturated rings. The third-order valence-corrected chi connectivity index (χ3v) is 3.08. The summed E-state index contributed by atoms with van der Waals surface area (Å²) in [6, 6.07) is 2.78. The van der Waals surface area contributed by atoms with Gasteiger partial charge in [-0.1, -0.05) is 27.5 Å². The molecule has 0 spiro atoms. The highest BCUT2D eigenvalue weighted by Gasteiger charge is 2.18. The van der Waals surface area contributed by atoms with E-state index in [1.165, 1.54) is 19.2 Å². The van der Waals surface area contributed by atoms with Crippen LogP contribution in [0.25, 0.3) is 0 Å². The van der Waals surface area contributed by atoms with Gasteiger partial charge >= 0.3 is 5.97 Å². The van der Waals surface area contributed by atoms with Crippen LogP contribution in [0.4, 0.5) is 5.69 Å². The first-order chi connectivity index (χ1) is 7.99. The number of carbonyl (C=O) groups is 1. The summed E-state index contributed by atoms with van der Waals surface area (Å²) >= 11 is 9.00. The third-order valence-electron chi connectivity index (χ3n) is 2.17. The highest BCUT2D eigenvalue weighted by Crippen LogP contribution is 2.29. The van der Waals surface area contributed by atoms with Crippen molar-refractivity contribution in [3.05, 3.63) is 38.4 Å². The van der Waals surface area contributed by atoms with E-state index in [2.05, 4.69) is 20.7 Å². The van der Waals surface area contributed by atoms with Gasteiger partial charge in [0.15, 0.2) is 0 Å². The molecule has 0 N–H and O–H groups in total. The first kappa shape index (κ1) is 13.9. The van der Waals surface area contributed by atoms with Crippen LogP contribution in [0.15, 0.2) is 12.1 Å². The molecule has 0 saturated carbocycles. The molecule has 0 saturated heterocycles. The van der Waals surface area contributed by atoms with Crippen molar-refractivity contribution in [1.29, 1.82) is 0 Å². The normalized spacial score (nSPS) is 10.1. The molecular weight excluding hydrogens is 313 g/mol. The SMILES string of the molecule is COC(=O)Cc1cc([N+](=O)[O-])c(Cl)cc1CBr. The molecule has 92 valence electrons. The van der Waals surface area contributed by atoms with E-state index >= 15 is 0 Å². The summed E-state index contributed by atoms with van der Waals surface area (Å²) in [6.45, 7) is 0. The smallest absolute Gasteiger partial charge is 0.309 e. The Hall–Kier alpha value is -1.14. The Morgan fingerprint density at radius 2 is 2.18 bits per heavy atom. The second kappa shape index (κ2) is 5.97. The van der Waals surface area contributed by atoms with Crippen LogP contribution in [0.2, 0.25) is 5.02 Å². The minimum atomic E-state index is -0.582. The van der Waals surface area contributed by atoms with Crippen molar-refractivity contribution in [3.63, 3.8) is 0 Å². The van der Waals surface area contributed by atoms with Gasteiger partial charge in [-0.15, -0.1) is 0 Å². The zero-order valence-corrected chi connectivity index (χ0v) is 11.2. The van der Waals surface area contributed by atoms with E-state index in [1.807, 2.05) is 0 Å². The number of methoxy groups -OCH3 is 1. The van der Waals surface area contributed by atoms with Crippen LogP contribution in [0, 0.1) is 10.1 Å². The Morgan fingerprint density at radius 3 is 2.65 bits per heavy atom. The first-order valence-electron chi connectivity index (χ1n) is 4.58. The van der Waals surface area contributed by atoms with Crippen LogP contribution in [0.5, 0.6) is 0 Å². The number of nitro groups is 1. The lowest BCUT2D eigenvalue weighted by molar-refractivity contribution is -0.384. The molecule has 0 amide bonds. The number of ether oxygens (including phenoxy) is 1. The Bertz CT molecular complexity index is 464. The van der Waals surface area contributed by atoms with Gasteiger partial charge in [-0.2, -0.15) is 0 Å². The van der Waals surface area contributed by atoms with Crippen molar-refractivity contribution in [2.75, 3.05) is 7.11 Å². The fourth-order valence-electron chi connectivity index (χ4n) is 1.30. The maximum absolute atomic E-state index is 11.2. The number of nitrogens with zero attached hydrogens (tertiary/aromatic N) is 1. The van der Waals surface area contributed by atoms with E-state index in [-0.39, 0.29) is 17.1 Å². The molecule has 0 aromatic heterocycles. The van der Waals surface area contributed by atoms with Gasteiger partial charge in [-0.05, 0) is 17.2 Å². The molecule has 5 nitrogen and oxygen atoms in total. The van der Waals surface area contributed by atoms with E-state index in [4.69, 9.17) is 11.6 Å². The lowest BCUT2D eigenvalue weighted by Gasteiger charge is -2.07. The van der Waals surface area contributed by atoms with Crippen molar-refractivity contribution in [2.45, 2.75) is 11.8 Å². The number of carbonyl (C=O) groups excluding carboxylic acids is 1. The van der Waals surface area contributed by atoms with E-state index in [1.54, 1.807) is 0 Å². The fraction of sp³-hybridized carbons (Fsp3) is 0.300. The first-order valence-corrected chi connectivity index (χ1v) is 6.08. The van der Waals surface area contributed by atoms with Crippen LogP contribution in [0.3, 0.4) is 0 Å². The molecule has 7 heteroatoms. The zero-order chi connectivity index (χ0) is 13.0. The molecule has 0 radical (unpaired) electrons. The molecule has 17 heavy (non-hydrogen) atoms. The minimum Gasteiger partial charge on any atom is -0.469 e. The summed E-state index contributed by atoms with van der Waals surface area (Å²) in [5.41, 5.74) is 1.05. The van der Waals surface area contributed by atoms with Gasteiger partial charge in [0, 0.05) is 11.4 Å². The van der Waals surface area contributed by atoms with Gasteiger partial charge in [-0.3, -0.25) is 14.9 Å². The second-order valence-corrected chi connectivity index (χ2v) is 4.18. The molecule has 0 heterocycles. The molecule has 0 atom stereocenters. The highest BCUT2D eigenvalue weighted by atomic mass is 79.9. The monoisotopic (exact) mass is 321 g/mol. The van der Waals surface area contributed by atoms with Crippen LogP contribution < -0.4 is 0 Å². The molecule has 0 aliphatic carbocycles. The molecule has 0 bridgehead atoms. The molecular formula is C10H9BrClNO4. The molecule has 0 unspecified atom stereocenters. The Kier molecular flexibility index (Phi) is 4.89. The lowest BCUT2D eigenvalue weighted by atomic mass is 10.0. The minimum absolute atomic E-state index is 0.0184. The van der Waals surface area contributed by atoms with E-state index < -0.39 is 10.9 Å². The maximum Gasteiger partial charge on any atom is 0.309 e. The number of alkyl halides is 1. The second-order valence-electron chi connectivity index (χ2n) is 3.22. The molecule has 0 aliphatic heterocycles. The highest BCUT2D eigenvalue weighted by molar-refractivity contribution is 9.08. The van der Waals surface area contributed by atoms with E-state index in [0.717, 1.165) is 5.56 Å². The summed E-state index contributed by atoms with van der Waals surface area (Å²) in [5, 5.41) is 11.2. The number of rotatable bonds is 4. The average Bonchev–Trinajstić information content (AvgIpc) is 2.30. The van der Waals surface area contributed by atoms with Crippen molar-refractivity contribution in [1.82, 2.24) is 0 Å². The van der Waals surface area contributed by atoms with Crippen LogP contribution in [-0.2, 0) is 21.3 Å². The topological polar surface area (TPSA) is 69.4 Å². The van der Waals surface area contributed by atoms with Crippen molar-refractivity contribution < 1.29 is 14.5 Å². The molecule has 1 rings (SSSR count). The Balaban J connectivity index is 3.21. The van der Waals surface area contributed by atoms with Crippen molar-refractivity contribution in [2.24, 2.45) is 0 Å². The van der Waals surface area contributed by atoms with Crippen molar-refractivity contribution >= 4 is 39.2 Å². The molecule has 1 aromatic rings.